The van der Waals surface area contributed by atoms with Gasteiger partial charge < -0.3 is 10.2 Å². The predicted molar refractivity (Wildman–Crippen MR) is 121 cm³/mol. The van der Waals surface area contributed by atoms with Gasteiger partial charge in [0.2, 0.25) is 21.8 Å². The Labute approximate surface area is 185 Å². The molecule has 1 heterocycles. The maximum Gasteiger partial charge on any atom is 0.244 e. The molecule has 1 aliphatic carbocycles. The third kappa shape index (κ3) is 4.70. The zero-order valence-electron chi connectivity index (χ0n) is 19.0. The summed E-state index contributed by atoms with van der Waals surface area (Å²) in [6.45, 7) is 11.0. The molecule has 2 fully saturated rings. The van der Waals surface area contributed by atoms with E-state index in [4.69, 9.17) is 0 Å². The summed E-state index contributed by atoms with van der Waals surface area (Å²) < 4.78 is 28.9. The fraction of sp³-hybridized carbons (Fsp3) is 0.565. The molecule has 1 aromatic carbocycles. The summed E-state index contributed by atoms with van der Waals surface area (Å²) in [5.41, 5.74) is -0.742. The van der Waals surface area contributed by atoms with Gasteiger partial charge in [0.25, 0.3) is 0 Å². The van der Waals surface area contributed by atoms with Crippen molar-refractivity contribution < 1.29 is 18.0 Å². The van der Waals surface area contributed by atoms with E-state index in [2.05, 4.69) is 11.9 Å². The van der Waals surface area contributed by atoms with Gasteiger partial charge in [0, 0.05) is 35.8 Å². The van der Waals surface area contributed by atoms with Crippen LogP contribution in [0.5, 0.6) is 0 Å². The van der Waals surface area contributed by atoms with E-state index in [9.17, 15) is 18.0 Å². The summed E-state index contributed by atoms with van der Waals surface area (Å²) in [6, 6.07) is 6.36. The van der Waals surface area contributed by atoms with E-state index in [-0.39, 0.29) is 28.7 Å². The summed E-state index contributed by atoms with van der Waals surface area (Å²) in [6.07, 6.45) is 4.06. The van der Waals surface area contributed by atoms with E-state index in [1.54, 1.807) is 40.5 Å². The van der Waals surface area contributed by atoms with E-state index in [0.29, 0.717) is 18.5 Å². The van der Waals surface area contributed by atoms with E-state index < -0.39 is 21.1 Å². The lowest BCUT2D eigenvalue weighted by atomic mass is 9.79. The topological polar surface area (TPSA) is 86.8 Å². The summed E-state index contributed by atoms with van der Waals surface area (Å²) in [5.74, 6) is -0.0900. The summed E-state index contributed by atoms with van der Waals surface area (Å²) in [5, 5.41) is 2.92. The van der Waals surface area contributed by atoms with E-state index in [0.717, 1.165) is 12.8 Å². The van der Waals surface area contributed by atoms with Crippen LogP contribution in [0.25, 0.3) is 0 Å². The van der Waals surface area contributed by atoms with Crippen LogP contribution < -0.4 is 10.2 Å². The standard InChI is InChI=1S/C23H33N3O4S/c1-7-20(27)24-17-14-22(2,3)26(23(4,5)15-17)31(29,30)19-12-10-18(11-13-19)25(6)21(28)16-8-9-16/h7,10-13,16-17H,1,8-9,14-15H2,2-6H3,(H,24,27). The minimum Gasteiger partial charge on any atom is -0.350 e. The number of nitrogens with zero attached hydrogens (tertiary/aromatic N) is 2. The molecule has 170 valence electrons. The Balaban J connectivity index is 1.87. The van der Waals surface area contributed by atoms with Crippen LogP contribution in [-0.4, -0.2) is 48.7 Å². The van der Waals surface area contributed by atoms with Crippen molar-refractivity contribution in [3.05, 3.63) is 36.9 Å². The number of hydrogen-bond acceptors (Lipinski definition) is 4. The second-order valence-electron chi connectivity index (χ2n) is 9.88. The van der Waals surface area contributed by atoms with Gasteiger partial charge in [0.15, 0.2) is 0 Å². The van der Waals surface area contributed by atoms with Crippen molar-refractivity contribution in [1.82, 2.24) is 9.62 Å². The third-order valence-corrected chi connectivity index (χ3v) is 8.48. The average Bonchev–Trinajstić information content (AvgIpc) is 3.49. The molecule has 2 amide bonds. The molecule has 1 N–H and O–H groups in total. The minimum atomic E-state index is -3.80. The molecule has 0 unspecified atom stereocenters. The highest BCUT2D eigenvalue weighted by atomic mass is 32.2. The molecular weight excluding hydrogens is 414 g/mol. The first-order chi connectivity index (χ1) is 14.3. The third-order valence-electron chi connectivity index (χ3n) is 6.14. The Morgan fingerprint density at radius 2 is 1.61 bits per heavy atom. The Hall–Kier alpha value is -2.19. The number of carbonyl (C=O) groups excluding carboxylic acids is 2. The van der Waals surface area contributed by atoms with Crippen LogP contribution in [0.3, 0.4) is 0 Å². The lowest BCUT2D eigenvalue weighted by Gasteiger charge is -2.53. The van der Waals surface area contributed by atoms with Gasteiger partial charge in [0.05, 0.1) is 4.90 Å². The summed E-state index contributed by atoms with van der Waals surface area (Å²) >= 11 is 0. The molecule has 2 aliphatic rings. The molecule has 3 rings (SSSR count). The summed E-state index contributed by atoms with van der Waals surface area (Å²) in [4.78, 5) is 25.9. The van der Waals surface area contributed by atoms with Gasteiger partial charge in [-0.2, -0.15) is 4.31 Å². The van der Waals surface area contributed by atoms with Gasteiger partial charge in [0.1, 0.15) is 0 Å². The lowest BCUT2D eigenvalue weighted by Crippen LogP contribution is -2.65. The predicted octanol–water partition coefficient (Wildman–Crippen LogP) is 3.07. The van der Waals surface area contributed by atoms with Crippen LogP contribution in [0.2, 0.25) is 0 Å². The average molecular weight is 448 g/mol. The SMILES string of the molecule is C=CC(=O)NC1CC(C)(C)N(S(=O)(=O)c2ccc(N(C)C(=O)C3CC3)cc2)C(C)(C)C1. The van der Waals surface area contributed by atoms with Crippen molar-refractivity contribution in [1.29, 1.82) is 0 Å². The Morgan fingerprint density at radius 3 is 2.06 bits per heavy atom. The molecule has 0 bridgehead atoms. The van der Waals surface area contributed by atoms with Gasteiger partial charge in [-0.25, -0.2) is 8.42 Å². The largest absolute Gasteiger partial charge is 0.350 e. The molecule has 0 aromatic heterocycles. The molecule has 8 heteroatoms. The normalized spacial score (nSPS) is 21.3. The Bertz CT molecular complexity index is 961. The van der Waals surface area contributed by atoms with Crippen molar-refractivity contribution in [2.45, 2.75) is 75.4 Å². The highest BCUT2D eigenvalue weighted by molar-refractivity contribution is 7.89. The fourth-order valence-electron chi connectivity index (χ4n) is 4.95. The van der Waals surface area contributed by atoms with Crippen LogP contribution in [-0.2, 0) is 19.6 Å². The molecule has 1 saturated carbocycles. The number of nitrogens with one attached hydrogen (secondary N) is 1. The van der Waals surface area contributed by atoms with Crippen molar-refractivity contribution in [2.75, 3.05) is 11.9 Å². The maximum absolute atomic E-state index is 13.7. The fourth-order valence-corrected chi connectivity index (χ4v) is 7.10. The number of amides is 2. The second kappa shape index (κ2) is 8.06. The number of anilines is 1. The first kappa shape index (κ1) is 23.5. The highest BCUT2D eigenvalue weighted by Crippen LogP contribution is 2.42. The number of sulfonamides is 1. The van der Waals surface area contributed by atoms with Gasteiger partial charge in [-0.3, -0.25) is 9.59 Å². The van der Waals surface area contributed by atoms with Gasteiger partial charge in [-0.05, 0) is 83.7 Å². The second-order valence-corrected chi connectivity index (χ2v) is 11.7. The van der Waals surface area contributed by atoms with E-state index >= 15 is 0 Å². The lowest BCUT2D eigenvalue weighted by molar-refractivity contribution is -0.119. The first-order valence-electron chi connectivity index (χ1n) is 10.7. The number of carbonyl (C=O) groups is 2. The quantitative estimate of drug-likeness (QED) is 0.679. The number of rotatable bonds is 6. The van der Waals surface area contributed by atoms with E-state index in [1.165, 1.54) is 6.08 Å². The molecule has 0 atom stereocenters. The van der Waals surface area contributed by atoms with Crippen LogP contribution in [0.1, 0.15) is 53.4 Å². The van der Waals surface area contributed by atoms with Gasteiger partial charge in [-0.1, -0.05) is 6.58 Å². The van der Waals surface area contributed by atoms with Crippen LogP contribution >= 0.6 is 0 Å². The zero-order valence-corrected chi connectivity index (χ0v) is 19.8. The molecule has 1 saturated heterocycles. The molecule has 1 aliphatic heterocycles. The van der Waals surface area contributed by atoms with Gasteiger partial charge >= 0.3 is 0 Å². The molecule has 31 heavy (non-hydrogen) atoms. The Kier molecular flexibility index (Phi) is 6.10. The smallest absolute Gasteiger partial charge is 0.244 e. The van der Waals surface area contributed by atoms with Crippen molar-refractivity contribution in [3.63, 3.8) is 0 Å². The molecule has 0 radical (unpaired) electrons. The molecule has 7 nitrogen and oxygen atoms in total. The highest BCUT2D eigenvalue weighted by Gasteiger charge is 2.51. The molecule has 1 aromatic rings. The van der Waals surface area contributed by atoms with Crippen molar-refractivity contribution in [3.8, 4) is 0 Å². The van der Waals surface area contributed by atoms with Crippen molar-refractivity contribution >= 4 is 27.5 Å². The van der Waals surface area contributed by atoms with Crippen LogP contribution in [0.4, 0.5) is 5.69 Å². The monoisotopic (exact) mass is 447 g/mol. The number of piperidine rings is 1. The van der Waals surface area contributed by atoms with Crippen LogP contribution in [0.15, 0.2) is 41.8 Å². The Morgan fingerprint density at radius 1 is 1.10 bits per heavy atom. The van der Waals surface area contributed by atoms with Crippen LogP contribution in [0, 0.1) is 5.92 Å². The zero-order chi connectivity index (χ0) is 23.2. The maximum atomic E-state index is 13.7. The van der Waals surface area contributed by atoms with Crippen molar-refractivity contribution in [2.24, 2.45) is 5.92 Å². The van der Waals surface area contributed by atoms with E-state index in [1.807, 2.05) is 27.7 Å². The first-order valence-corrected chi connectivity index (χ1v) is 12.1. The molecular formula is C23H33N3O4S. The molecule has 0 spiro atoms. The summed E-state index contributed by atoms with van der Waals surface area (Å²) in [7, 11) is -2.08. The van der Waals surface area contributed by atoms with Gasteiger partial charge in [-0.15, -0.1) is 0 Å². The number of benzene rings is 1. The minimum absolute atomic E-state index is 0.0708. The number of hydrogen-bond donors (Lipinski definition) is 1.